The molecule has 0 aliphatic carbocycles. The molecule has 0 amide bonds. The van der Waals surface area contributed by atoms with Crippen molar-refractivity contribution >= 4 is 17.4 Å². The van der Waals surface area contributed by atoms with E-state index in [4.69, 9.17) is 11.6 Å². The zero-order chi connectivity index (χ0) is 14.6. The van der Waals surface area contributed by atoms with Crippen LogP contribution in [-0.4, -0.2) is 41.1 Å². The van der Waals surface area contributed by atoms with Crippen LogP contribution in [0, 0.1) is 5.41 Å². The van der Waals surface area contributed by atoms with Crippen molar-refractivity contribution in [2.75, 3.05) is 20.6 Å². The fraction of sp³-hybridized carbons (Fsp3) is 0.714. The summed E-state index contributed by atoms with van der Waals surface area (Å²) in [5.41, 5.74) is 0.698. The molecule has 0 saturated heterocycles. The number of carbonyl (C=O) groups excluding carboxylic acids is 1. The van der Waals surface area contributed by atoms with Crippen LogP contribution in [0.1, 0.15) is 44.1 Å². The molecule has 0 radical (unpaired) electrons. The average molecular weight is 286 g/mol. The molecule has 0 aliphatic rings. The highest BCUT2D eigenvalue weighted by molar-refractivity contribution is 6.33. The van der Waals surface area contributed by atoms with Gasteiger partial charge in [0.15, 0.2) is 5.78 Å². The van der Waals surface area contributed by atoms with Gasteiger partial charge in [0.25, 0.3) is 0 Å². The quantitative estimate of drug-likeness (QED) is 0.754. The van der Waals surface area contributed by atoms with Gasteiger partial charge in [0.05, 0.1) is 17.8 Å². The van der Waals surface area contributed by atoms with Gasteiger partial charge in [-0.1, -0.05) is 32.4 Å². The first-order valence-electron chi connectivity index (χ1n) is 6.60. The zero-order valence-electron chi connectivity index (χ0n) is 12.5. The van der Waals surface area contributed by atoms with Crippen molar-refractivity contribution < 1.29 is 4.79 Å². The molecule has 0 fully saturated rings. The van der Waals surface area contributed by atoms with E-state index in [0.29, 0.717) is 23.7 Å². The van der Waals surface area contributed by atoms with Gasteiger partial charge in [-0.15, -0.1) is 0 Å². The summed E-state index contributed by atoms with van der Waals surface area (Å²) in [5, 5.41) is 4.65. The second kappa shape index (κ2) is 6.53. The highest BCUT2D eigenvalue weighted by atomic mass is 35.5. The molecule has 0 atom stereocenters. The number of ketones is 1. The van der Waals surface area contributed by atoms with Crippen molar-refractivity contribution in [2.24, 2.45) is 5.41 Å². The topological polar surface area (TPSA) is 38.1 Å². The van der Waals surface area contributed by atoms with E-state index in [1.807, 2.05) is 14.1 Å². The molecule has 0 aliphatic heterocycles. The van der Waals surface area contributed by atoms with Crippen LogP contribution in [0.2, 0.25) is 5.02 Å². The van der Waals surface area contributed by atoms with Gasteiger partial charge in [-0.25, -0.2) is 0 Å². The van der Waals surface area contributed by atoms with Crippen molar-refractivity contribution in [3.05, 3.63) is 16.9 Å². The van der Waals surface area contributed by atoms with E-state index in [-0.39, 0.29) is 11.2 Å². The summed E-state index contributed by atoms with van der Waals surface area (Å²) in [6.45, 7) is 7.90. The first-order valence-corrected chi connectivity index (χ1v) is 6.98. The summed E-state index contributed by atoms with van der Waals surface area (Å²) in [5.74, 6) is 0.0798. The predicted octanol–water partition coefficient (Wildman–Crippen LogP) is 3.11. The largest absolute Gasteiger partial charge is 0.308 e. The predicted molar refractivity (Wildman–Crippen MR) is 78.8 cm³/mol. The highest BCUT2D eigenvalue weighted by Crippen LogP contribution is 2.24. The van der Waals surface area contributed by atoms with Crippen molar-refractivity contribution in [2.45, 2.75) is 40.2 Å². The Morgan fingerprint density at radius 1 is 1.42 bits per heavy atom. The number of nitrogens with zero attached hydrogens (tertiary/aromatic N) is 3. The molecular formula is C14H24ClN3O. The standard InChI is InChI=1S/C14H24ClN3O/c1-14(2,3)7-6-12(19)13-11(15)10-16-18(13)9-8-17(4)5/h10H,6-9H2,1-5H3. The summed E-state index contributed by atoms with van der Waals surface area (Å²) < 4.78 is 1.72. The van der Waals surface area contributed by atoms with E-state index in [2.05, 4.69) is 30.8 Å². The Morgan fingerprint density at radius 3 is 2.58 bits per heavy atom. The first kappa shape index (κ1) is 16.2. The Bertz CT molecular complexity index is 432. The second-order valence-corrected chi connectivity index (χ2v) is 6.76. The van der Waals surface area contributed by atoms with Crippen LogP contribution in [0.5, 0.6) is 0 Å². The Balaban J connectivity index is 2.75. The van der Waals surface area contributed by atoms with E-state index < -0.39 is 0 Å². The van der Waals surface area contributed by atoms with Gasteiger partial charge in [-0.2, -0.15) is 5.10 Å². The lowest BCUT2D eigenvalue weighted by molar-refractivity contribution is 0.0954. The average Bonchev–Trinajstić information content (AvgIpc) is 2.64. The third-order valence-corrected chi connectivity index (χ3v) is 3.20. The number of Topliss-reactive ketones (excluding diaryl/α,β-unsaturated/α-hetero) is 1. The van der Waals surface area contributed by atoms with Gasteiger partial charge in [-0.05, 0) is 25.9 Å². The summed E-state index contributed by atoms with van der Waals surface area (Å²) >= 11 is 6.09. The van der Waals surface area contributed by atoms with E-state index in [9.17, 15) is 4.79 Å². The molecule has 1 rings (SSSR count). The molecule has 1 aromatic heterocycles. The molecule has 0 aromatic carbocycles. The number of rotatable bonds is 6. The number of carbonyl (C=O) groups is 1. The van der Waals surface area contributed by atoms with Gasteiger partial charge in [0.1, 0.15) is 5.69 Å². The fourth-order valence-electron chi connectivity index (χ4n) is 1.71. The lowest BCUT2D eigenvalue weighted by Gasteiger charge is -2.17. The molecule has 1 heterocycles. The molecule has 108 valence electrons. The van der Waals surface area contributed by atoms with E-state index >= 15 is 0 Å². The van der Waals surface area contributed by atoms with Gasteiger partial charge in [0.2, 0.25) is 0 Å². The van der Waals surface area contributed by atoms with Crippen molar-refractivity contribution in [3.8, 4) is 0 Å². The van der Waals surface area contributed by atoms with Crippen LogP contribution in [0.4, 0.5) is 0 Å². The molecule has 1 aromatic rings. The molecule has 0 saturated carbocycles. The van der Waals surface area contributed by atoms with Crippen LogP contribution in [0.25, 0.3) is 0 Å². The monoisotopic (exact) mass is 285 g/mol. The first-order chi connectivity index (χ1) is 8.70. The minimum atomic E-state index is 0.0798. The maximum atomic E-state index is 12.3. The molecule has 5 heteroatoms. The molecule has 4 nitrogen and oxygen atoms in total. The third kappa shape index (κ3) is 5.33. The van der Waals surface area contributed by atoms with Crippen LogP contribution in [-0.2, 0) is 6.54 Å². The summed E-state index contributed by atoms with van der Waals surface area (Å²) in [7, 11) is 3.98. The van der Waals surface area contributed by atoms with E-state index in [0.717, 1.165) is 13.0 Å². The lowest BCUT2D eigenvalue weighted by Crippen LogP contribution is -2.22. The van der Waals surface area contributed by atoms with Gasteiger partial charge >= 0.3 is 0 Å². The van der Waals surface area contributed by atoms with Crippen molar-refractivity contribution in [3.63, 3.8) is 0 Å². The summed E-state index contributed by atoms with van der Waals surface area (Å²) in [4.78, 5) is 14.3. The number of aromatic nitrogens is 2. The number of halogens is 1. The zero-order valence-corrected chi connectivity index (χ0v) is 13.3. The van der Waals surface area contributed by atoms with Crippen molar-refractivity contribution in [1.29, 1.82) is 0 Å². The van der Waals surface area contributed by atoms with Crippen LogP contribution in [0.15, 0.2) is 6.20 Å². The molecule has 0 bridgehead atoms. The number of likely N-dealkylation sites (N-methyl/N-ethyl adjacent to an activating group) is 1. The molecular weight excluding hydrogens is 262 g/mol. The lowest BCUT2D eigenvalue weighted by atomic mass is 9.89. The Morgan fingerprint density at radius 2 is 2.05 bits per heavy atom. The normalized spacial score (nSPS) is 12.2. The Labute approximate surface area is 120 Å². The highest BCUT2D eigenvalue weighted by Gasteiger charge is 2.20. The molecule has 0 spiro atoms. The third-order valence-electron chi connectivity index (χ3n) is 2.92. The van der Waals surface area contributed by atoms with Crippen LogP contribution < -0.4 is 0 Å². The maximum Gasteiger partial charge on any atom is 0.182 e. The minimum Gasteiger partial charge on any atom is -0.308 e. The molecule has 19 heavy (non-hydrogen) atoms. The Hall–Kier alpha value is -0.870. The van der Waals surface area contributed by atoms with Crippen LogP contribution >= 0.6 is 11.6 Å². The maximum absolute atomic E-state index is 12.3. The molecule has 0 unspecified atom stereocenters. The SMILES string of the molecule is CN(C)CCn1ncc(Cl)c1C(=O)CCC(C)(C)C. The summed E-state index contributed by atoms with van der Waals surface area (Å²) in [6.07, 6.45) is 2.92. The number of hydrogen-bond donors (Lipinski definition) is 0. The fourth-order valence-corrected chi connectivity index (χ4v) is 1.96. The van der Waals surface area contributed by atoms with Gasteiger partial charge in [-0.3, -0.25) is 9.48 Å². The van der Waals surface area contributed by atoms with Crippen molar-refractivity contribution in [1.82, 2.24) is 14.7 Å². The molecule has 0 N–H and O–H groups in total. The van der Waals surface area contributed by atoms with Gasteiger partial charge < -0.3 is 4.90 Å². The smallest absolute Gasteiger partial charge is 0.182 e. The number of hydrogen-bond acceptors (Lipinski definition) is 3. The Kier molecular flexibility index (Phi) is 5.56. The second-order valence-electron chi connectivity index (χ2n) is 6.35. The van der Waals surface area contributed by atoms with Crippen LogP contribution in [0.3, 0.4) is 0 Å². The summed E-state index contributed by atoms with van der Waals surface area (Å²) in [6, 6.07) is 0. The van der Waals surface area contributed by atoms with E-state index in [1.54, 1.807) is 10.9 Å². The van der Waals surface area contributed by atoms with Gasteiger partial charge in [0, 0.05) is 13.0 Å². The van der Waals surface area contributed by atoms with E-state index in [1.165, 1.54) is 0 Å². The minimum absolute atomic E-state index is 0.0798.